The molecule has 1 fully saturated rings. The zero-order chi connectivity index (χ0) is 16.1. The van der Waals surface area contributed by atoms with Crippen molar-refractivity contribution in [2.24, 2.45) is 5.92 Å². The van der Waals surface area contributed by atoms with Crippen LogP contribution in [0.15, 0.2) is 18.2 Å². The third kappa shape index (κ3) is 4.37. The fourth-order valence-corrected chi connectivity index (χ4v) is 2.83. The highest BCUT2D eigenvalue weighted by Crippen LogP contribution is 2.24. The number of rotatable bonds is 4. The molecule has 1 aromatic carbocycles. The lowest BCUT2D eigenvalue weighted by molar-refractivity contribution is -0.125. The van der Waals surface area contributed by atoms with Gasteiger partial charge in [-0.2, -0.15) is 0 Å². The van der Waals surface area contributed by atoms with Crippen molar-refractivity contribution in [3.63, 3.8) is 0 Å². The second-order valence-electron chi connectivity index (χ2n) is 5.67. The van der Waals surface area contributed by atoms with E-state index in [-0.39, 0.29) is 29.9 Å². The number of phenolic OH excluding ortho intramolecular Hbond substituents is 1. The first-order valence-corrected chi connectivity index (χ1v) is 7.80. The van der Waals surface area contributed by atoms with E-state index in [1.165, 1.54) is 24.6 Å². The Bertz CT molecular complexity index is 561. The van der Waals surface area contributed by atoms with E-state index in [0.29, 0.717) is 10.9 Å². The van der Waals surface area contributed by atoms with Crippen LogP contribution in [0.25, 0.3) is 0 Å². The molecule has 120 valence electrons. The van der Waals surface area contributed by atoms with Gasteiger partial charge in [-0.05, 0) is 37.0 Å². The van der Waals surface area contributed by atoms with E-state index in [1.807, 2.05) is 0 Å². The maximum absolute atomic E-state index is 11.9. The first kappa shape index (κ1) is 16.6. The van der Waals surface area contributed by atoms with E-state index < -0.39 is 5.97 Å². The summed E-state index contributed by atoms with van der Waals surface area (Å²) in [6, 6.07) is 4.23. The van der Waals surface area contributed by atoms with Gasteiger partial charge in [0, 0.05) is 11.1 Å². The van der Waals surface area contributed by atoms with Gasteiger partial charge in [0.05, 0.1) is 0 Å². The van der Waals surface area contributed by atoms with Crippen molar-refractivity contribution in [1.82, 2.24) is 5.32 Å². The second kappa shape index (κ2) is 7.49. The van der Waals surface area contributed by atoms with Crippen molar-refractivity contribution in [3.8, 4) is 5.75 Å². The van der Waals surface area contributed by atoms with E-state index in [9.17, 15) is 14.7 Å². The smallest absolute Gasteiger partial charge is 0.342 e. The third-order valence-corrected chi connectivity index (χ3v) is 4.21. The number of carbonyl (C=O) groups excluding carboxylic acids is 2. The van der Waals surface area contributed by atoms with Crippen LogP contribution in [0.1, 0.15) is 43.0 Å². The Balaban J connectivity index is 1.84. The van der Waals surface area contributed by atoms with Crippen molar-refractivity contribution in [3.05, 3.63) is 28.8 Å². The molecule has 1 saturated carbocycles. The minimum Gasteiger partial charge on any atom is -0.507 e. The monoisotopic (exact) mass is 325 g/mol. The summed E-state index contributed by atoms with van der Waals surface area (Å²) in [4.78, 5) is 23.7. The van der Waals surface area contributed by atoms with Crippen LogP contribution < -0.4 is 5.32 Å². The molecule has 1 amide bonds. The number of nitrogens with one attached hydrogen (secondary N) is 1. The van der Waals surface area contributed by atoms with Gasteiger partial charge in [-0.15, -0.1) is 0 Å². The SMILES string of the molecule is C[C@@H]1CCCC[C@H]1NC(=O)COC(=O)c1ccc(Cl)cc1O. The van der Waals surface area contributed by atoms with Gasteiger partial charge < -0.3 is 15.2 Å². The van der Waals surface area contributed by atoms with Crippen LogP contribution in [0.2, 0.25) is 5.02 Å². The van der Waals surface area contributed by atoms with Gasteiger partial charge in [-0.1, -0.05) is 31.4 Å². The number of amides is 1. The molecular weight excluding hydrogens is 306 g/mol. The Morgan fingerprint density at radius 1 is 1.36 bits per heavy atom. The predicted molar refractivity (Wildman–Crippen MR) is 83.0 cm³/mol. The molecule has 0 unspecified atom stereocenters. The lowest BCUT2D eigenvalue weighted by atomic mass is 9.86. The number of hydrogen-bond acceptors (Lipinski definition) is 4. The van der Waals surface area contributed by atoms with E-state index in [2.05, 4.69) is 12.2 Å². The molecule has 22 heavy (non-hydrogen) atoms. The molecule has 5 nitrogen and oxygen atoms in total. The van der Waals surface area contributed by atoms with Crippen molar-refractivity contribution < 1.29 is 19.4 Å². The maximum atomic E-state index is 11.9. The number of esters is 1. The summed E-state index contributed by atoms with van der Waals surface area (Å²) in [5, 5.41) is 12.9. The zero-order valence-electron chi connectivity index (χ0n) is 12.5. The molecule has 0 saturated heterocycles. The minimum absolute atomic E-state index is 0.0109. The number of carbonyl (C=O) groups is 2. The van der Waals surface area contributed by atoms with Gasteiger partial charge in [0.15, 0.2) is 6.61 Å². The number of benzene rings is 1. The molecule has 0 radical (unpaired) electrons. The van der Waals surface area contributed by atoms with Crippen molar-refractivity contribution in [2.45, 2.75) is 38.6 Å². The standard InChI is InChI=1S/C16H20ClNO4/c1-10-4-2-3-5-13(10)18-15(20)9-22-16(21)12-7-6-11(17)8-14(12)19/h6-8,10,13,19H,2-5,9H2,1H3,(H,18,20)/t10-,13-/m1/s1. The molecule has 2 N–H and O–H groups in total. The molecule has 0 aromatic heterocycles. The van der Waals surface area contributed by atoms with Gasteiger partial charge in [0.1, 0.15) is 11.3 Å². The highest BCUT2D eigenvalue weighted by Gasteiger charge is 2.23. The van der Waals surface area contributed by atoms with Crippen LogP contribution in [0.5, 0.6) is 5.75 Å². The number of halogens is 1. The molecule has 1 aliphatic carbocycles. The molecule has 0 bridgehead atoms. The van der Waals surface area contributed by atoms with Gasteiger partial charge in [0.2, 0.25) is 0 Å². The van der Waals surface area contributed by atoms with E-state index in [4.69, 9.17) is 16.3 Å². The predicted octanol–water partition coefficient (Wildman–Crippen LogP) is 2.90. The summed E-state index contributed by atoms with van der Waals surface area (Å²) in [6.45, 7) is 1.76. The molecule has 2 atom stereocenters. The summed E-state index contributed by atoms with van der Waals surface area (Å²) in [6.07, 6.45) is 4.36. The molecule has 0 aliphatic heterocycles. The molecule has 2 rings (SSSR count). The number of phenols is 1. The third-order valence-electron chi connectivity index (χ3n) is 3.97. The van der Waals surface area contributed by atoms with E-state index >= 15 is 0 Å². The van der Waals surface area contributed by atoms with Crippen molar-refractivity contribution in [1.29, 1.82) is 0 Å². The fraction of sp³-hybridized carbons (Fsp3) is 0.500. The summed E-state index contributed by atoms with van der Waals surface area (Å²) in [7, 11) is 0. The van der Waals surface area contributed by atoms with E-state index in [1.54, 1.807) is 0 Å². The first-order valence-electron chi connectivity index (χ1n) is 7.42. The average Bonchev–Trinajstić information content (AvgIpc) is 2.47. The van der Waals surface area contributed by atoms with Gasteiger partial charge in [0.25, 0.3) is 5.91 Å². The lowest BCUT2D eigenvalue weighted by Crippen LogP contribution is -2.42. The van der Waals surface area contributed by atoms with Crippen molar-refractivity contribution >= 4 is 23.5 Å². The number of ether oxygens (including phenoxy) is 1. The average molecular weight is 326 g/mol. The van der Waals surface area contributed by atoms with Gasteiger partial charge in [-0.3, -0.25) is 4.79 Å². The van der Waals surface area contributed by atoms with Gasteiger partial charge >= 0.3 is 5.97 Å². The normalized spacial score (nSPS) is 21.2. The summed E-state index contributed by atoms with van der Waals surface area (Å²) < 4.78 is 4.93. The number of hydrogen-bond donors (Lipinski definition) is 2. The fourth-order valence-electron chi connectivity index (χ4n) is 2.67. The van der Waals surface area contributed by atoms with E-state index in [0.717, 1.165) is 19.3 Å². The molecule has 1 aromatic rings. The zero-order valence-corrected chi connectivity index (χ0v) is 13.2. The summed E-state index contributed by atoms with van der Waals surface area (Å²) >= 11 is 5.70. The molecule has 6 heteroatoms. The second-order valence-corrected chi connectivity index (χ2v) is 6.11. The first-order chi connectivity index (χ1) is 10.5. The van der Waals surface area contributed by atoms with Crippen LogP contribution >= 0.6 is 11.6 Å². The lowest BCUT2D eigenvalue weighted by Gasteiger charge is -2.29. The molecular formula is C16H20ClNO4. The quantitative estimate of drug-likeness (QED) is 0.835. The topological polar surface area (TPSA) is 75.6 Å². The largest absolute Gasteiger partial charge is 0.507 e. The van der Waals surface area contributed by atoms with Gasteiger partial charge in [-0.25, -0.2) is 4.79 Å². The Hall–Kier alpha value is -1.75. The molecule has 0 spiro atoms. The van der Waals surface area contributed by atoms with Crippen LogP contribution in [0.3, 0.4) is 0 Å². The van der Waals surface area contributed by atoms with Crippen LogP contribution in [-0.2, 0) is 9.53 Å². The highest BCUT2D eigenvalue weighted by atomic mass is 35.5. The molecule has 1 aliphatic rings. The van der Waals surface area contributed by atoms with Crippen LogP contribution in [0.4, 0.5) is 0 Å². The highest BCUT2D eigenvalue weighted by molar-refractivity contribution is 6.30. The number of aromatic hydroxyl groups is 1. The van der Waals surface area contributed by atoms with Crippen LogP contribution in [-0.4, -0.2) is 29.6 Å². The maximum Gasteiger partial charge on any atom is 0.342 e. The Labute approximate surface area is 134 Å². The minimum atomic E-state index is -0.749. The summed E-state index contributed by atoms with van der Waals surface area (Å²) in [5.41, 5.74) is -0.0109. The molecule has 0 heterocycles. The summed E-state index contributed by atoms with van der Waals surface area (Å²) in [5.74, 6) is -0.894. The Kier molecular flexibility index (Phi) is 5.66. The van der Waals surface area contributed by atoms with Crippen molar-refractivity contribution in [2.75, 3.05) is 6.61 Å². The Morgan fingerprint density at radius 2 is 2.09 bits per heavy atom. The van der Waals surface area contributed by atoms with Crippen LogP contribution in [0, 0.1) is 5.92 Å². The Morgan fingerprint density at radius 3 is 2.77 bits per heavy atom.